The first-order valence-electron chi connectivity index (χ1n) is 6.75. The maximum Gasteiger partial charge on any atom is 0.306 e. The zero-order valence-electron chi connectivity index (χ0n) is 11.5. The van der Waals surface area contributed by atoms with Crippen molar-refractivity contribution >= 4 is 11.9 Å². The minimum absolute atomic E-state index is 0.0653. The number of nitrogens with zero attached hydrogens (tertiary/aromatic N) is 2. The van der Waals surface area contributed by atoms with Crippen LogP contribution in [-0.4, -0.2) is 61.5 Å². The third kappa shape index (κ3) is 5.49. The Bertz CT molecular complexity index is 273. The summed E-state index contributed by atoms with van der Waals surface area (Å²) in [4.78, 5) is 27.2. The van der Waals surface area contributed by atoms with Crippen LogP contribution in [0.5, 0.6) is 0 Å². The first-order chi connectivity index (χ1) is 8.63. The van der Waals surface area contributed by atoms with Crippen LogP contribution in [0.15, 0.2) is 0 Å². The van der Waals surface area contributed by atoms with Crippen LogP contribution in [-0.2, 0) is 14.3 Å². The lowest BCUT2D eigenvalue weighted by Gasteiger charge is -2.32. The van der Waals surface area contributed by atoms with Gasteiger partial charge < -0.3 is 14.5 Å². The minimum Gasteiger partial charge on any atom is -0.466 e. The summed E-state index contributed by atoms with van der Waals surface area (Å²) in [5.41, 5.74) is 0. The topological polar surface area (TPSA) is 49.9 Å². The summed E-state index contributed by atoms with van der Waals surface area (Å²) >= 11 is 0. The number of rotatable bonds is 6. The summed E-state index contributed by atoms with van der Waals surface area (Å²) < 4.78 is 5.02. The number of ether oxygens (including phenoxy) is 1. The molecule has 5 nitrogen and oxygen atoms in total. The zero-order chi connectivity index (χ0) is 13.4. The molecule has 1 fully saturated rings. The highest BCUT2D eigenvalue weighted by molar-refractivity contribution is 5.81. The Morgan fingerprint density at radius 1 is 1.11 bits per heavy atom. The molecule has 1 rings (SSSR count). The van der Waals surface area contributed by atoms with Gasteiger partial charge in [0, 0.05) is 32.6 Å². The quantitative estimate of drug-likeness (QED) is 0.523. The number of likely N-dealkylation sites (N-methyl/N-ethyl adjacent to an activating group) is 1. The van der Waals surface area contributed by atoms with Crippen LogP contribution in [0, 0.1) is 0 Å². The van der Waals surface area contributed by atoms with E-state index in [4.69, 9.17) is 4.74 Å². The first-order valence-corrected chi connectivity index (χ1v) is 6.75. The van der Waals surface area contributed by atoms with Gasteiger partial charge >= 0.3 is 5.97 Å². The number of carbonyl (C=O) groups is 2. The van der Waals surface area contributed by atoms with Crippen molar-refractivity contribution in [2.75, 3.05) is 39.8 Å². The SMILES string of the molecule is CCCCOC(=O)CCC(=O)N1CCN(C)CC1. The molecule has 104 valence electrons. The molecular weight excluding hydrogens is 232 g/mol. The maximum absolute atomic E-state index is 11.8. The fourth-order valence-electron chi connectivity index (χ4n) is 1.83. The molecule has 1 heterocycles. The molecule has 0 unspecified atom stereocenters. The largest absolute Gasteiger partial charge is 0.466 e. The van der Waals surface area contributed by atoms with Crippen LogP contribution < -0.4 is 0 Å². The summed E-state index contributed by atoms with van der Waals surface area (Å²) in [7, 11) is 2.05. The van der Waals surface area contributed by atoms with Crippen LogP contribution in [0.4, 0.5) is 0 Å². The van der Waals surface area contributed by atoms with Crippen LogP contribution >= 0.6 is 0 Å². The van der Waals surface area contributed by atoms with Gasteiger partial charge in [-0.25, -0.2) is 0 Å². The predicted molar refractivity (Wildman–Crippen MR) is 69.2 cm³/mol. The van der Waals surface area contributed by atoms with E-state index in [1.54, 1.807) is 0 Å². The van der Waals surface area contributed by atoms with E-state index in [0.717, 1.165) is 39.0 Å². The van der Waals surface area contributed by atoms with Gasteiger partial charge in [0.05, 0.1) is 13.0 Å². The number of unbranched alkanes of at least 4 members (excludes halogenated alkanes) is 1. The summed E-state index contributed by atoms with van der Waals surface area (Å²) in [6, 6.07) is 0. The summed E-state index contributed by atoms with van der Waals surface area (Å²) in [6.45, 7) is 5.86. The van der Waals surface area contributed by atoms with Gasteiger partial charge in [0.1, 0.15) is 0 Å². The van der Waals surface area contributed by atoms with Crippen molar-refractivity contribution < 1.29 is 14.3 Å². The molecule has 1 aliphatic rings. The lowest BCUT2D eigenvalue weighted by atomic mass is 10.2. The average Bonchev–Trinajstić information content (AvgIpc) is 2.37. The number of hydrogen-bond acceptors (Lipinski definition) is 4. The van der Waals surface area contributed by atoms with E-state index in [0.29, 0.717) is 6.61 Å². The molecule has 18 heavy (non-hydrogen) atoms. The van der Waals surface area contributed by atoms with Gasteiger partial charge in [-0.3, -0.25) is 9.59 Å². The lowest BCUT2D eigenvalue weighted by molar-refractivity contribution is -0.146. The normalized spacial score (nSPS) is 16.7. The Labute approximate surface area is 109 Å². The number of piperazine rings is 1. The van der Waals surface area contributed by atoms with E-state index in [1.807, 2.05) is 18.9 Å². The Hall–Kier alpha value is -1.10. The van der Waals surface area contributed by atoms with Crippen LogP contribution in [0.25, 0.3) is 0 Å². The average molecular weight is 256 g/mol. The van der Waals surface area contributed by atoms with Crippen molar-refractivity contribution in [1.29, 1.82) is 0 Å². The Kier molecular flexibility index (Phi) is 6.72. The van der Waals surface area contributed by atoms with Crippen molar-refractivity contribution in [3.63, 3.8) is 0 Å². The van der Waals surface area contributed by atoms with Gasteiger partial charge in [0.25, 0.3) is 0 Å². The van der Waals surface area contributed by atoms with Crippen molar-refractivity contribution in [2.45, 2.75) is 32.6 Å². The molecule has 0 atom stereocenters. The van der Waals surface area contributed by atoms with Crippen LogP contribution in [0.3, 0.4) is 0 Å². The third-order valence-electron chi connectivity index (χ3n) is 3.16. The second-order valence-corrected chi connectivity index (χ2v) is 4.76. The first kappa shape index (κ1) is 15.0. The molecule has 0 radical (unpaired) electrons. The van der Waals surface area contributed by atoms with E-state index >= 15 is 0 Å². The Morgan fingerprint density at radius 2 is 1.78 bits per heavy atom. The molecule has 0 spiro atoms. The van der Waals surface area contributed by atoms with E-state index in [9.17, 15) is 9.59 Å². The van der Waals surface area contributed by atoms with Gasteiger partial charge in [-0.05, 0) is 13.5 Å². The summed E-state index contributed by atoms with van der Waals surface area (Å²) in [5.74, 6) is -0.193. The smallest absolute Gasteiger partial charge is 0.306 e. The summed E-state index contributed by atoms with van der Waals surface area (Å²) in [6.07, 6.45) is 2.37. The van der Waals surface area contributed by atoms with Gasteiger partial charge in [0.15, 0.2) is 0 Å². The van der Waals surface area contributed by atoms with Crippen LogP contribution in [0.2, 0.25) is 0 Å². The standard InChI is InChI=1S/C13H24N2O3/c1-3-4-11-18-13(17)6-5-12(16)15-9-7-14(2)8-10-15/h3-11H2,1-2H3. The van der Waals surface area contributed by atoms with E-state index in [-0.39, 0.29) is 24.7 Å². The Balaban J connectivity index is 2.14. The van der Waals surface area contributed by atoms with Crippen molar-refractivity contribution in [3.05, 3.63) is 0 Å². The molecule has 1 amide bonds. The third-order valence-corrected chi connectivity index (χ3v) is 3.16. The fraction of sp³-hybridized carbons (Fsp3) is 0.846. The number of carbonyl (C=O) groups excluding carboxylic acids is 2. The molecule has 0 aromatic heterocycles. The molecule has 0 N–H and O–H groups in total. The fourth-order valence-corrected chi connectivity index (χ4v) is 1.83. The molecule has 0 aromatic rings. The van der Waals surface area contributed by atoms with Crippen molar-refractivity contribution in [2.24, 2.45) is 0 Å². The molecule has 1 saturated heterocycles. The highest BCUT2D eigenvalue weighted by Crippen LogP contribution is 2.04. The number of amides is 1. The molecule has 0 aliphatic carbocycles. The predicted octanol–water partition coefficient (Wildman–Crippen LogP) is 0.884. The van der Waals surface area contributed by atoms with Gasteiger partial charge in [-0.2, -0.15) is 0 Å². The molecule has 1 aliphatic heterocycles. The molecule has 0 saturated carbocycles. The van der Waals surface area contributed by atoms with Crippen molar-refractivity contribution in [3.8, 4) is 0 Å². The van der Waals surface area contributed by atoms with Crippen molar-refractivity contribution in [1.82, 2.24) is 9.80 Å². The van der Waals surface area contributed by atoms with Gasteiger partial charge in [0.2, 0.25) is 5.91 Å². The monoisotopic (exact) mass is 256 g/mol. The second-order valence-electron chi connectivity index (χ2n) is 4.76. The summed E-state index contributed by atoms with van der Waals surface area (Å²) in [5, 5.41) is 0. The highest BCUT2D eigenvalue weighted by Gasteiger charge is 2.19. The lowest BCUT2D eigenvalue weighted by Crippen LogP contribution is -2.47. The molecular formula is C13H24N2O3. The molecule has 0 bridgehead atoms. The molecule has 5 heteroatoms. The molecule has 0 aromatic carbocycles. The number of hydrogen-bond donors (Lipinski definition) is 0. The van der Waals surface area contributed by atoms with E-state index in [2.05, 4.69) is 4.90 Å². The zero-order valence-corrected chi connectivity index (χ0v) is 11.5. The van der Waals surface area contributed by atoms with Crippen LogP contribution in [0.1, 0.15) is 32.6 Å². The number of esters is 1. The van der Waals surface area contributed by atoms with E-state index in [1.165, 1.54) is 0 Å². The van der Waals surface area contributed by atoms with E-state index < -0.39 is 0 Å². The Morgan fingerprint density at radius 3 is 2.39 bits per heavy atom. The second kappa shape index (κ2) is 8.08. The van der Waals surface area contributed by atoms with Gasteiger partial charge in [-0.15, -0.1) is 0 Å². The van der Waals surface area contributed by atoms with Gasteiger partial charge in [-0.1, -0.05) is 13.3 Å². The maximum atomic E-state index is 11.8. The minimum atomic E-state index is -0.258. The highest BCUT2D eigenvalue weighted by atomic mass is 16.5.